The molecule has 1 aliphatic heterocycles. The fourth-order valence-electron chi connectivity index (χ4n) is 3.59. The van der Waals surface area contributed by atoms with Crippen LogP contribution in [0.3, 0.4) is 0 Å². The van der Waals surface area contributed by atoms with Crippen molar-refractivity contribution in [2.75, 3.05) is 6.54 Å². The van der Waals surface area contributed by atoms with Crippen LogP contribution in [0.1, 0.15) is 54.0 Å². The van der Waals surface area contributed by atoms with E-state index in [1.165, 1.54) is 0 Å². The van der Waals surface area contributed by atoms with Crippen molar-refractivity contribution in [2.24, 2.45) is 5.41 Å². The number of amides is 3. The molecule has 3 amide bonds. The van der Waals surface area contributed by atoms with Gasteiger partial charge >= 0.3 is 12.2 Å². The van der Waals surface area contributed by atoms with E-state index in [0.717, 1.165) is 11.1 Å². The van der Waals surface area contributed by atoms with Crippen molar-refractivity contribution in [3.63, 3.8) is 0 Å². The summed E-state index contributed by atoms with van der Waals surface area (Å²) < 4.78 is 10.7. The van der Waals surface area contributed by atoms with Gasteiger partial charge in [-0.1, -0.05) is 57.7 Å². The van der Waals surface area contributed by atoms with Gasteiger partial charge in [0.2, 0.25) is 5.91 Å². The first-order valence-corrected chi connectivity index (χ1v) is 11.1. The Morgan fingerprint density at radius 1 is 1.09 bits per heavy atom. The molecule has 8 heteroatoms. The lowest BCUT2D eigenvalue weighted by Gasteiger charge is -2.46. The minimum atomic E-state index is -0.841. The summed E-state index contributed by atoms with van der Waals surface area (Å²) in [6.07, 6.45) is -1.12. The average Bonchev–Trinajstić information content (AvgIpc) is 2.66. The zero-order chi connectivity index (χ0) is 25.0. The zero-order valence-electron chi connectivity index (χ0n) is 20.7. The number of nitrogens with zero attached hydrogens (tertiary/aromatic N) is 1. The summed E-state index contributed by atoms with van der Waals surface area (Å²) in [4.78, 5) is 39.6. The average molecular weight is 460 g/mol. The molecule has 0 saturated carbocycles. The molecule has 0 radical (unpaired) electrons. The fraction of sp³-hybridized carbons (Fsp3) is 0.560. The van der Waals surface area contributed by atoms with Gasteiger partial charge in [-0.15, -0.1) is 0 Å². The molecule has 1 heterocycles. The number of rotatable bonds is 6. The highest BCUT2D eigenvalue weighted by molar-refractivity contribution is 5.86. The monoisotopic (exact) mass is 459 g/mol. The fourth-order valence-corrected chi connectivity index (χ4v) is 3.59. The molecule has 3 atom stereocenters. The Balaban J connectivity index is 2.00. The second kappa shape index (κ2) is 10.3. The van der Waals surface area contributed by atoms with Gasteiger partial charge in [0.05, 0.1) is 12.1 Å². The topological polar surface area (TPSA) is 97.0 Å². The number of hydrogen-bond acceptors (Lipinski definition) is 5. The van der Waals surface area contributed by atoms with Crippen LogP contribution in [0.15, 0.2) is 42.5 Å². The lowest BCUT2D eigenvalue weighted by atomic mass is 9.85. The van der Waals surface area contributed by atoms with E-state index < -0.39 is 35.3 Å². The van der Waals surface area contributed by atoms with E-state index in [9.17, 15) is 14.4 Å². The first-order chi connectivity index (χ1) is 15.2. The highest BCUT2D eigenvalue weighted by Crippen LogP contribution is 2.28. The normalized spacial score (nSPS) is 18.0. The van der Waals surface area contributed by atoms with Crippen LogP contribution in [0.4, 0.5) is 9.59 Å². The van der Waals surface area contributed by atoms with E-state index in [1.54, 1.807) is 32.6 Å². The van der Waals surface area contributed by atoms with Crippen LogP contribution in [-0.4, -0.2) is 53.3 Å². The molecule has 0 spiro atoms. The van der Waals surface area contributed by atoms with Gasteiger partial charge in [0.15, 0.2) is 0 Å². The lowest BCUT2D eigenvalue weighted by Crippen LogP contribution is -2.64. The molecule has 0 bridgehead atoms. The Hall–Kier alpha value is -3.03. The highest BCUT2D eigenvalue weighted by Gasteiger charge is 2.43. The van der Waals surface area contributed by atoms with Gasteiger partial charge in [-0.2, -0.15) is 0 Å². The molecule has 0 aliphatic carbocycles. The van der Waals surface area contributed by atoms with Gasteiger partial charge < -0.3 is 20.1 Å². The zero-order valence-corrected chi connectivity index (χ0v) is 20.7. The second-order valence-electron chi connectivity index (χ2n) is 10.5. The molecule has 182 valence electrons. The molecule has 1 unspecified atom stereocenters. The first-order valence-electron chi connectivity index (χ1n) is 11.1. The van der Waals surface area contributed by atoms with Crippen LogP contribution in [0, 0.1) is 5.41 Å². The van der Waals surface area contributed by atoms with Crippen molar-refractivity contribution in [3.05, 3.63) is 48.0 Å². The first kappa shape index (κ1) is 26.2. The maximum absolute atomic E-state index is 13.1. The Morgan fingerprint density at radius 3 is 2.21 bits per heavy atom. The van der Waals surface area contributed by atoms with Crippen molar-refractivity contribution in [3.8, 4) is 0 Å². The van der Waals surface area contributed by atoms with Crippen LogP contribution in [-0.2, 0) is 20.9 Å². The smallest absolute Gasteiger partial charge is 0.411 e. The van der Waals surface area contributed by atoms with Gasteiger partial charge in [0, 0.05) is 6.54 Å². The number of ether oxygens (including phenoxy) is 2. The molecule has 8 nitrogen and oxygen atoms in total. The molecule has 2 rings (SSSR count). The van der Waals surface area contributed by atoms with Gasteiger partial charge in [-0.3, -0.25) is 9.69 Å². The molecule has 1 aromatic rings. The minimum absolute atomic E-state index is 0.105. The van der Waals surface area contributed by atoms with E-state index in [4.69, 9.17) is 9.47 Å². The van der Waals surface area contributed by atoms with E-state index in [0.29, 0.717) is 6.54 Å². The summed E-state index contributed by atoms with van der Waals surface area (Å²) in [6, 6.07) is 7.66. The Kier molecular flexibility index (Phi) is 8.16. The summed E-state index contributed by atoms with van der Waals surface area (Å²) in [7, 11) is 0. The van der Waals surface area contributed by atoms with Crippen molar-refractivity contribution in [1.29, 1.82) is 0 Å². The number of carbonyl (C=O) groups is 3. The van der Waals surface area contributed by atoms with Crippen LogP contribution in [0.5, 0.6) is 0 Å². The largest absolute Gasteiger partial charge is 0.445 e. The van der Waals surface area contributed by atoms with Crippen LogP contribution in [0.25, 0.3) is 0 Å². The number of hydrogen-bond donors (Lipinski definition) is 2. The summed E-state index contributed by atoms with van der Waals surface area (Å²) >= 11 is 0. The van der Waals surface area contributed by atoms with Crippen molar-refractivity contribution >= 4 is 18.1 Å². The third kappa shape index (κ3) is 7.51. The van der Waals surface area contributed by atoms with Gasteiger partial charge in [-0.25, -0.2) is 9.59 Å². The number of nitrogens with one attached hydrogen (secondary N) is 2. The van der Waals surface area contributed by atoms with Gasteiger partial charge in [0.25, 0.3) is 0 Å². The lowest BCUT2D eigenvalue weighted by molar-refractivity contribution is -0.126. The van der Waals surface area contributed by atoms with Crippen molar-refractivity contribution in [2.45, 2.75) is 78.8 Å². The molecular weight excluding hydrogens is 422 g/mol. The number of alkyl carbamates (subject to hydrolysis) is 1. The molecule has 1 aliphatic rings. The standard InChI is InChI=1S/C25H37N3O5/c1-16-14-28(23(31)33-25(6,7)8)19(16)17(2)26-21(29)20(24(3,4)5)27-22(30)32-15-18-12-10-9-11-13-18/h9-13,17,19-20H,1,14-15H2,2-8H3,(H,26,29)(H,27,30)/t17-,19+,20?/m0/s1. The summed E-state index contributed by atoms with van der Waals surface area (Å²) in [5.41, 5.74) is 0.489. The molecule has 0 aromatic heterocycles. The van der Waals surface area contributed by atoms with E-state index >= 15 is 0 Å². The van der Waals surface area contributed by atoms with E-state index in [-0.39, 0.29) is 18.6 Å². The van der Waals surface area contributed by atoms with Crippen molar-refractivity contribution in [1.82, 2.24) is 15.5 Å². The SMILES string of the molecule is C=C1CN(C(=O)OC(C)(C)C)[C@H]1[C@H](C)NC(=O)C(NC(=O)OCc1ccccc1)C(C)(C)C. The van der Waals surface area contributed by atoms with Gasteiger partial charge in [-0.05, 0) is 44.2 Å². The molecule has 1 aromatic carbocycles. The maximum Gasteiger partial charge on any atom is 0.411 e. The summed E-state index contributed by atoms with van der Waals surface area (Å²) in [6.45, 7) is 17.3. The number of carbonyl (C=O) groups excluding carboxylic acids is 3. The maximum atomic E-state index is 13.1. The van der Waals surface area contributed by atoms with E-state index in [2.05, 4.69) is 17.2 Å². The van der Waals surface area contributed by atoms with Crippen LogP contribution < -0.4 is 10.6 Å². The Bertz CT molecular complexity index is 870. The third-order valence-electron chi connectivity index (χ3n) is 5.20. The van der Waals surface area contributed by atoms with Gasteiger partial charge in [0.1, 0.15) is 18.2 Å². The quantitative estimate of drug-likeness (QED) is 0.627. The predicted molar refractivity (Wildman–Crippen MR) is 126 cm³/mol. The highest BCUT2D eigenvalue weighted by atomic mass is 16.6. The molecule has 2 N–H and O–H groups in total. The van der Waals surface area contributed by atoms with Crippen molar-refractivity contribution < 1.29 is 23.9 Å². The molecule has 33 heavy (non-hydrogen) atoms. The number of likely N-dealkylation sites (tertiary alicyclic amines) is 1. The van der Waals surface area contributed by atoms with E-state index in [1.807, 2.05) is 51.1 Å². The van der Waals surface area contributed by atoms with Crippen LogP contribution >= 0.6 is 0 Å². The molecule has 1 saturated heterocycles. The predicted octanol–water partition coefficient (Wildman–Crippen LogP) is 4.01. The second-order valence-corrected chi connectivity index (χ2v) is 10.5. The summed E-state index contributed by atoms with van der Waals surface area (Å²) in [5, 5.41) is 5.61. The Morgan fingerprint density at radius 2 is 1.70 bits per heavy atom. The minimum Gasteiger partial charge on any atom is -0.445 e. The molecule has 1 fully saturated rings. The third-order valence-corrected chi connectivity index (χ3v) is 5.20. The molecular formula is C25H37N3O5. The summed E-state index contributed by atoms with van der Waals surface area (Å²) in [5.74, 6) is -0.365. The number of benzene rings is 1. The van der Waals surface area contributed by atoms with Crippen LogP contribution in [0.2, 0.25) is 0 Å². The Labute approximate surface area is 196 Å².